The Morgan fingerprint density at radius 3 is 1.93 bits per heavy atom. The average Bonchev–Trinajstić information content (AvgIpc) is 2.65. The Bertz CT molecular complexity index is 984. The molecule has 0 aliphatic heterocycles. The summed E-state index contributed by atoms with van der Waals surface area (Å²) >= 11 is 0. The molecule has 0 bridgehead atoms. The zero-order valence-corrected chi connectivity index (χ0v) is 14.7. The molecule has 0 fully saturated rings. The molecular formula is C17H10F6N2O5. The molecule has 0 aromatic heterocycles. The van der Waals surface area contributed by atoms with Gasteiger partial charge in [-0.25, -0.2) is 4.79 Å². The molecule has 2 aromatic carbocycles. The maximum absolute atomic E-state index is 12.9. The molecule has 160 valence electrons. The lowest BCUT2D eigenvalue weighted by atomic mass is 10.0. The van der Waals surface area contributed by atoms with Gasteiger partial charge in [-0.15, -0.1) is 0 Å². The first-order valence-electron chi connectivity index (χ1n) is 7.71. The van der Waals surface area contributed by atoms with Gasteiger partial charge in [0, 0.05) is 17.7 Å². The number of anilines is 1. The second-order valence-electron chi connectivity index (χ2n) is 5.73. The number of methoxy groups -OCH3 is 1. The number of non-ortho nitro benzene ring substituents is 1. The molecule has 0 atom stereocenters. The minimum absolute atomic E-state index is 0.163. The molecule has 1 amide bonds. The van der Waals surface area contributed by atoms with E-state index in [-0.39, 0.29) is 18.2 Å². The topological polar surface area (TPSA) is 98.5 Å². The second kappa shape index (κ2) is 8.00. The Hall–Kier alpha value is -3.64. The first-order chi connectivity index (χ1) is 13.7. The van der Waals surface area contributed by atoms with Crippen LogP contribution in [0.1, 0.15) is 31.8 Å². The minimum Gasteiger partial charge on any atom is -0.465 e. The number of rotatable bonds is 4. The molecule has 2 rings (SSSR count). The summed E-state index contributed by atoms with van der Waals surface area (Å²) in [6, 6.07) is 2.72. The normalized spacial score (nSPS) is 11.7. The number of nitro groups is 1. The van der Waals surface area contributed by atoms with Crippen molar-refractivity contribution < 1.29 is 45.6 Å². The molecule has 1 N–H and O–H groups in total. The van der Waals surface area contributed by atoms with Crippen LogP contribution in [0.5, 0.6) is 0 Å². The largest absolute Gasteiger partial charge is 0.465 e. The Kier molecular flexibility index (Phi) is 6.04. The van der Waals surface area contributed by atoms with Crippen molar-refractivity contribution in [1.82, 2.24) is 0 Å². The van der Waals surface area contributed by atoms with E-state index < -0.39 is 62.8 Å². The monoisotopic (exact) mass is 436 g/mol. The van der Waals surface area contributed by atoms with Gasteiger partial charge in [-0.1, -0.05) is 0 Å². The number of esters is 1. The molecule has 0 unspecified atom stereocenters. The number of hydrogen-bond donors (Lipinski definition) is 1. The number of carbonyl (C=O) groups is 2. The SMILES string of the molecule is COC(=O)c1ccc([N+](=O)[O-])cc1NC(=O)c1cc(C(F)(F)F)cc(C(F)(F)F)c1. The lowest BCUT2D eigenvalue weighted by molar-refractivity contribution is -0.384. The summed E-state index contributed by atoms with van der Waals surface area (Å²) < 4.78 is 82.1. The van der Waals surface area contributed by atoms with Crippen molar-refractivity contribution >= 4 is 23.3 Å². The summed E-state index contributed by atoms with van der Waals surface area (Å²) in [7, 11) is 0.956. The van der Waals surface area contributed by atoms with E-state index >= 15 is 0 Å². The summed E-state index contributed by atoms with van der Waals surface area (Å²) in [6.07, 6.45) is -10.4. The number of ether oxygens (including phenoxy) is 1. The van der Waals surface area contributed by atoms with Crippen LogP contribution in [0.25, 0.3) is 0 Å². The van der Waals surface area contributed by atoms with Crippen molar-refractivity contribution in [2.45, 2.75) is 12.4 Å². The standard InChI is InChI=1S/C17H10F6N2O5/c1-30-15(27)12-3-2-11(25(28)29)7-13(12)24-14(26)8-4-9(16(18,19)20)6-10(5-8)17(21,22)23/h2-7H,1H3,(H,24,26). The molecule has 0 heterocycles. The average molecular weight is 436 g/mol. The van der Waals surface area contributed by atoms with E-state index in [1.54, 1.807) is 0 Å². The number of benzene rings is 2. The van der Waals surface area contributed by atoms with Gasteiger partial charge < -0.3 is 10.1 Å². The second-order valence-corrected chi connectivity index (χ2v) is 5.73. The van der Waals surface area contributed by atoms with Gasteiger partial charge in [-0.05, 0) is 24.3 Å². The molecule has 0 radical (unpaired) electrons. The molecule has 13 heteroatoms. The third-order valence-corrected chi connectivity index (χ3v) is 3.72. The molecule has 0 saturated heterocycles. The molecule has 7 nitrogen and oxygen atoms in total. The van der Waals surface area contributed by atoms with Crippen LogP contribution >= 0.6 is 0 Å². The Labute approximate surface area is 163 Å². The van der Waals surface area contributed by atoms with Gasteiger partial charge in [-0.2, -0.15) is 26.3 Å². The van der Waals surface area contributed by atoms with E-state index in [0.29, 0.717) is 6.07 Å². The number of amides is 1. The van der Waals surface area contributed by atoms with Gasteiger partial charge in [0.15, 0.2) is 0 Å². The number of nitrogens with one attached hydrogen (secondary N) is 1. The fraction of sp³-hybridized carbons (Fsp3) is 0.176. The third kappa shape index (κ3) is 5.04. The maximum Gasteiger partial charge on any atom is 0.416 e. The molecule has 0 aliphatic carbocycles. The summed E-state index contributed by atoms with van der Waals surface area (Å²) in [5.74, 6) is -2.52. The van der Waals surface area contributed by atoms with Crippen LogP contribution in [0, 0.1) is 10.1 Å². The quantitative estimate of drug-likeness (QED) is 0.325. The molecule has 0 aliphatic rings. The van der Waals surface area contributed by atoms with Gasteiger partial charge in [0.2, 0.25) is 0 Å². The van der Waals surface area contributed by atoms with Gasteiger partial charge >= 0.3 is 18.3 Å². The predicted molar refractivity (Wildman–Crippen MR) is 88.8 cm³/mol. The molecular weight excluding hydrogens is 426 g/mol. The van der Waals surface area contributed by atoms with Crippen molar-refractivity contribution in [3.8, 4) is 0 Å². The molecule has 0 saturated carbocycles. The predicted octanol–water partition coefficient (Wildman–Crippen LogP) is 4.67. The van der Waals surface area contributed by atoms with Crippen LogP contribution in [0.15, 0.2) is 36.4 Å². The maximum atomic E-state index is 12.9. The molecule has 0 spiro atoms. The summed E-state index contributed by atoms with van der Waals surface area (Å²) in [4.78, 5) is 34.1. The van der Waals surface area contributed by atoms with Crippen LogP contribution in [-0.4, -0.2) is 23.9 Å². The zero-order valence-electron chi connectivity index (χ0n) is 14.7. The van der Waals surface area contributed by atoms with Crippen molar-refractivity contribution in [2.24, 2.45) is 0 Å². The van der Waals surface area contributed by atoms with Gasteiger partial charge in [0.05, 0.1) is 34.4 Å². The summed E-state index contributed by atoms with van der Waals surface area (Å²) in [6.45, 7) is 0. The van der Waals surface area contributed by atoms with Gasteiger partial charge in [0.25, 0.3) is 11.6 Å². The fourth-order valence-electron chi connectivity index (χ4n) is 2.32. The number of alkyl halides is 6. The number of carbonyl (C=O) groups excluding carboxylic acids is 2. The highest BCUT2D eigenvalue weighted by Crippen LogP contribution is 2.36. The Balaban J connectivity index is 2.55. The van der Waals surface area contributed by atoms with E-state index in [1.807, 2.05) is 5.32 Å². The van der Waals surface area contributed by atoms with Gasteiger partial charge in [-0.3, -0.25) is 14.9 Å². The van der Waals surface area contributed by atoms with E-state index in [9.17, 15) is 46.0 Å². The fourth-order valence-corrected chi connectivity index (χ4v) is 2.32. The smallest absolute Gasteiger partial charge is 0.416 e. The summed E-state index contributed by atoms with van der Waals surface area (Å²) in [5, 5.41) is 12.8. The van der Waals surface area contributed by atoms with Crippen molar-refractivity contribution in [2.75, 3.05) is 12.4 Å². The van der Waals surface area contributed by atoms with Crippen LogP contribution in [0.3, 0.4) is 0 Å². The van der Waals surface area contributed by atoms with E-state index in [4.69, 9.17) is 0 Å². The minimum atomic E-state index is -5.18. The van der Waals surface area contributed by atoms with E-state index in [2.05, 4.69) is 4.74 Å². The number of nitrogens with zero attached hydrogens (tertiary/aromatic N) is 1. The van der Waals surface area contributed by atoms with Crippen LogP contribution in [-0.2, 0) is 17.1 Å². The van der Waals surface area contributed by atoms with Crippen molar-refractivity contribution in [1.29, 1.82) is 0 Å². The first kappa shape index (κ1) is 22.6. The molecule has 30 heavy (non-hydrogen) atoms. The van der Waals surface area contributed by atoms with Crippen LogP contribution in [0.4, 0.5) is 37.7 Å². The Morgan fingerprint density at radius 1 is 0.967 bits per heavy atom. The lowest BCUT2D eigenvalue weighted by Crippen LogP contribution is -2.18. The van der Waals surface area contributed by atoms with Crippen LogP contribution in [0.2, 0.25) is 0 Å². The van der Waals surface area contributed by atoms with Crippen molar-refractivity contribution in [3.05, 3.63) is 68.8 Å². The highest BCUT2D eigenvalue weighted by Gasteiger charge is 2.37. The number of nitro benzene ring substituents is 1. The Morgan fingerprint density at radius 2 is 1.50 bits per heavy atom. The lowest BCUT2D eigenvalue weighted by Gasteiger charge is -2.15. The highest BCUT2D eigenvalue weighted by molar-refractivity contribution is 6.08. The zero-order chi connectivity index (χ0) is 22.9. The van der Waals surface area contributed by atoms with Gasteiger partial charge in [0.1, 0.15) is 0 Å². The first-order valence-corrected chi connectivity index (χ1v) is 7.71. The van der Waals surface area contributed by atoms with Crippen LogP contribution < -0.4 is 5.32 Å². The number of halogens is 6. The van der Waals surface area contributed by atoms with E-state index in [0.717, 1.165) is 19.2 Å². The molecule has 2 aromatic rings. The third-order valence-electron chi connectivity index (χ3n) is 3.72. The van der Waals surface area contributed by atoms with E-state index in [1.165, 1.54) is 0 Å². The summed E-state index contributed by atoms with van der Waals surface area (Å²) in [5.41, 5.74) is -6.02. The van der Waals surface area contributed by atoms with Crippen molar-refractivity contribution in [3.63, 3.8) is 0 Å². The highest BCUT2D eigenvalue weighted by atomic mass is 19.4. The number of hydrogen-bond acceptors (Lipinski definition) is 5.